The highest BCUT2D eigenvalue weighted by atomic mass is 19.1. The van der Waals surface area contributed by atoms with Crippen LogP contribution in [0.2, 0.25) is 0 Å². The van der Waals surface area contributed by atoms with Gasteiger partial charge in [0.1, 0.15) is 6.17 Å². The fraction of sp³-hybridized carbons (Fsp3) is 1.00. The molecule has 0 aromatic rings. The lowest BCUT2D eigenvalue weighted by Crippen LogP contribution is -1.89. The average Bonchev–Trinajstić information content (AvgIpc) is 2.17. The summed E-state index contributed by atoms with van der Waals surface area (Å²) >= 11 is 0. The number of alkyl halides is 1. The summed E-state index contributed by atoms with van der Waals surface area (Å²) in [6, 6.07) is 0. The Bertz CT molecular complexity index is 68.1. The fourth-order valence-electron chi connectivity index (χ4n) is 0.524. The van der Waals surface area contributed by atoms with Gasteiger partial charge in [-0.1, -0.05) is 0 Å². The van der Waals surface area contributed by atoms with Crippen molar-refractivity contribution in [2.75, 3.05) is 6.61 Å². The van der Waals surface area contributed by atoms with Crippen molar-refractivity contribution < 1.29 is 14.6 Å². The molecule has 1 rings (SSSR count). The van der Waals surface area contributed by atoms with Crippen molar-refractivity contribution >= 4 is 0 Å². The lowest BCUT2D eigenvalue weighted by molar-refractivity contribution is 0.208. The predicted molar refractivity (Wildman–Crippen MR) is 21.5 cm³/mol. The van der Waals surface area contributed by atoms with E-state index in [9.17, 15) is 4.39 Å². The Labute approximate surface area is 40.6 Å². The van der Waals surface area contributed by atoms with E-state index in [4.69, 9.17) is 10.2 Å². The molecule has 7 heavy (non-hydrogen) atoms. The van der Waals surface area contributed by atoms with E-state index < -0.39 is 18.2 Å². The number of rotatable bonds is 1. The maximum atomic E-state index is 11.8. The van der Waals surface area contributed by atoms with E-state index in [0.717, 1.165) is 0 Å². The van der Waals surface area contributed by atoms with Crippen LogP contribution in [0.15, 0.2) is 0 Å². The highest BCUT2D eigenvalue weighted by molar-refractivity contribution is 4.97. The summed E-state index contributed by atoms with van der Waals surface area (Å²) < 4.78 is 11.8. The molecule has 2 N–H and O–H groups in total. The maximum absolute atomic E-state index is 11.8. The van der Waals surface area contributed by atoms with Gasteiger partial charge in [0.15, 0.2) is 0 Å². The van der Waals surface area contributed by atoms with Crippen molar-refractivity contribution in [3.63, 3.8) is 0 Å². The van der Waals surface area contributed by atoms with Gasteiger partial charge in [-0.15, -0.1) is 0 Å². The van der Waals surface area contributed by atoms with E-state index in [1.807, 2.05) is 0 Å². The number of hydrogen-bond acceptors (Lipinski definition) is 2. The van der Waals surface area contributed by atoms with E-state index in [2.05, 4.69) is 0 Å². The van der Waals surface area contributed by atoms with E-state index in [0.29, 0.717) is 0 Å². The Kier molecular flexibility index (Phi) is 1.01. The van der Waals surface area contributed by atoms with Crippen LogP contribution in [0.4, 0.5) is 4.39 Å². The number of hydrogen-bond donors (Lipinski definition) is 2. The van der Waals surface area contributed by atoms with Gasteiger partial charge >= 0.3 is 0 Å². The Morgan fingerprint density at radius 1 is 1.57 bits per heavy atom. The van der Waals surface area contributed by atoms with Crippen LogP contribution in [0.3, 0.4) is 0 Å². The summed E-state index contributed by atoms with van der Waals surface area (Å²) in [5, 5.41) is 16.5. The molecule has 1 aliphatic rings. The third-order valence-electron chi connectivity index (χ3n) is 1.24. The van der Waals surface area contributed by atoms with Gasteiger partial charge in [-0.25, -0.2) is 4.39 Å². The Balaban J connectivity index is 2.24. The van der Waals surface area contributed by atoms with Crippen LogP contribution in [0.25, 0.3) is 0 Å². The molecule has 0 bridgehead atoms. The molecule has 42 valence electrons. The second-order valence-electron chi connectivity index (χ2n) is 1.78. The second kappa shape index (κ2) is 1.42. The smallest absolute Gasteiger partial charge is 0.134 e. The summed E-state index contributed by atoms with van der Waals surface area (Å²) in [7, 11) is 0. The predicted octanol–water partition coefficient (Wildman–Crippen LogP) is -0.692. The zero-order valence-corrected chi connectivity index (χ0v) is 3.71. The molecule has 3 atom stereocenters. The van der Waals surface area contributed by atoms with Crippen molar-refractivity contribution in [2.45, 2.75) is 12.3 Å². The summed E-state index contributed by atoms with van der Waals surface area (Å²) in [6.45, 7) is -0.234. The summed E-state index contributed by atoms with van der Waals surface area (Å²) in [5.74, 6) is -0.486. The molecule has 0 heterocycles. The van der Waals surface area contributed by atoms with Gasteiger partial charge in [0.2, 0.25) is 0 Å². The standard InChI is InChI=1S/C4H7FO2/c5-3-2(1-6)4(3)7/h2-4,6-7H,1H2. The summed E-state index contributed by atoms with van der Waals surface area (Å²) in [5.41, 5.74) is 0. The molecule has 1 aliphatic carbocycles. The highest BCUT2D eigenvalue weighted by Gasteiger charge is 2.49. The van der Waals surface area contributed by atoms with Gasteiger partial charge in [-0.2, -0.15) is 0 Å². The minimum Gasteiger partial charge on any atom is -0.396 e. The van der Waals surface area contributed by atoms with Gasteiger partial charge in [0.05, 0.1) is 12.7 Å². The largest absolute Gasteiger partial charge is 0.396 e. The minimum atomic E-state index is -1.16. The first-order valence-corrected chi connectivity index (χ1v) is 2.20. The second-order valence-corrected chi connectivity index (χ2v) is 1.78. The summed E-state index contributed by atoms with van der Waals surface area (Å²) in [6.07, 6.45) is -2.05. The van der Waals surface area contributed by atoms with Gasteiger partial charge in [0, 0.05) is 5.92 Å². The molecular weight excluding hydrogens is 99.0 g/mol. The molecule has 2 nitrogen and oxygen atoms in total. The number of halogens is 1. The average molecular weight is 106 g/mol. The Morgan fingerprint density at radius 3 is 2.00 bits per heavy atom. The maximum Gasteiger partial charge on any atom is 0.134 e. The van der Waals surface area contributed by atoms with Gasteiger partial charge < -0.3 is 10.2 Å². The van der Waals surface area contributed by atoms with Crippen molar-refractivity contribution in [2.24, 2.45) is 5.92 Å². The molecule has 0 saturated heterocycles. The lowest BCUT2D eigenvalue weighted by atomic mass is 10.5. The van der Waals surface area contributed by atoms with Gasteiger partial charge in [-0.3, -0.25) is 0 Å². The van der Waals surface area contributed by atoms with Crippen molar-refractivity contribution in [3.8, 4) is 0 Å². The van der Waals surface area contributed by atoms with Crippen molar-refractivity contribution in [1.29, 1.82) is 0 Å². The van der Waals surface area contributed by atoms with E-state index in [-0.39, 0.29) is 6.61 Å². The fourth-order valence-corrected chi connectivity index (χ4v) is 0.524. The first-order chi connectivity index (χ1) is 3.27. The van der Waals surface area contributed by atoms with Crippen molar-refractivity contribution in [1.82, 2.24) is 0 Å². The van der Waals surface area contributed by atoms with Crippen LogP contribution in [0, 0.1) is 5.92 Å². The molecule has 1 saturated carbocycles. The van der Waals surface area contributed by atoms with Gasteiger partial charge in [-0.05, 0) is 0 Å². The van der Waals surface area contributed by atoms with Gasteiger partial charge in [0.25, 0.3) is 0 Å². The molecular formula is C4H7FO2. The van der Waals surface area contributed by atoms with E-state index >= 15 is 0 Å². The van der Waals surface area contributed by atoms with Crippen LogP contribution < -0.4 is 0 Å². The van der Waals surface area contributed by atoms with E-state index in [1.165, 1.54) is 0 Å². The first-order valence-electron chi connectivity index (χ1n) is 2.20. The molecule has 3 unspecified atom stereocenters. The molecule has 0 amide bonds. The van der Waals surface area contributed by atoms with Crippen molar-refractivity contribution in [3.05, 3.63) is 0 Å². The number of aliphatic hydroxyl groups excluding tert-OH is 2. The number of aliphatic hydroxyl groups is 2. The van der Waals surface area contributed by atoms with Crippen LogP contribution in [0.5, 0.6) is 0 Å². The molecule has 0 radical (unpaired) electrons. The zero-order valence-electron chi connectivity index (χ0n) is 3.71. The normalized spacial score (nSPS) is 49.3. The first kappa shape index (κ1) is 5.00. The lowest BCUT2D eigenvalue weighted by Gasteiger charge is -1.78. The third-order valence-corrected chi connectivity index (χ3v) is 1.24. The molecule has 1 fully saturated rings. The summed E-state index contributed by atoms with van der Waals surface area (Å²) in [4.78, 5) is 0. The Hall–Kier alpha value is -0.150. The van der Waals surface area contributed by atoms with E-state index in [1.54, 1.807) is 0 Å². The SMILES string of the molecule is OCC1C(O)C1F. The van der Waals surface area contributed by atoms with Crippen LogP contribution in [-0.2, 0) is 0 Å². The molecule has 0 aromatic carbocycles. The molecule has 0 aliphatic heterocycles. The Morgan fingerprint density at radius 2 is 2.00 bits per heavy atom. The molecule has 0 spiro atoms. The topological polar surface area (TPSA) is 40.5 Å². The third kappa shape index (κ3) is 0.618. The minimum absolute atomic E-state index is 0.234. The quantitative estimate of drug-likeness (QED) is 0.464. The van der Waals surface area contributed by atoms with Crippen LogP contribution >= 0.6 is 0 Å². The molecule has 3 heteroatoms. The molecule has 0 aromatic heterocycles. The monoisotopic (exact) mass is 106 g/mol. The highest BCUT2D eigenvalue weighted by Crippen LogP contribution is 2.33. The van der Waals surface area contributed by atoms with Crippen LogP contribution in [0.1, 0.15) is 0 Å². The van der Waals surface area contributed by atoms with Crippen LogP contribution in [-0.4, -0.2) is 29.1 Å². The zero-order chi connectivity index (χ0) is 5.44.